The van der Waals surface area contributed by atoms with Crippen LogP contribution in [0.4, 0.5) is 0 Å². The molecule has 21 heavy (non-hydrogen) atoms. The van der Waals surface area contributed by atoms with Crippen molar-refractivity contribution in [2.75, 3.05) is 26.4 Å². The van der Waals surface area contributed by atoms with Gasteiger partial charge in [-0.25, -0.2) is 0 Å². The highest BCUT2D eigenvalue weighted by atomic mass is 16.7. The summed E-state index contributed by atoms with van der Waals surface area (Å²) >= 11 is 0. The number of hydrogen-bond donors (Lipinski definition) is 3. The zero-order valence-electron chi connectivity index (χ0n) is 13.7. The quantitative estimate of drug-likeness (QED) is 0.301. The van der Waals surface area contributed by atoms with Crippen molar-refractivity contribution in [3.05, 3.63) is 0 Å². The van der Waals surface area contributed by atoms with Gasteiger partial charge in [0.05, 0.1) is 26.4 Å². The van der Waals surface area contributed by atoms with Gasteiger partial charge in [0.25, 0.3) is 0 Å². The second-order valence-electron chi connectivity index (χ2n) is 5.53. The number of rotatable bonds is 16. The minimum atomic E-state index is -1.17. The minimum Gasteiger partial charge on any atom is -0.394 e. The molecule has 4 N–H and O–H groups in total. The summed E-state index contributed by atoms with van der Waals surface area (Å²) in [7, 11) is 0. The fourth-order valence-electron chi connectivity index (χ4n) is 2.30. The smallest absolute Gasteiger partial charge is 0.224 e. The van der Waals surface area contributed by atoms with Crippen molar-refractivity contribution in [2.24, 2.45) is 5.73 Å². The summed E-state index contributed by atoms with van der Waals surface area (Å²) in [6.07, 6.45) is 11.8. The number of unbranched alkanes of at least 4 members (excludes halogenated alkanes) is 8. The number of hydrogen-bond acceptors (Lipinski definition) is 5. The molecule has 0 aliphatic rings. The molecule has 0 rings (SSSR count). The summed E-state index contributed by atoms with van der Waals surface area (Å²) in [5.41, 5.74) is 6.00. The van der Waals surface area contributed by atoms with E-state index in [9.17, 15) is 0 Å². The number of ether oxygens (including phenoxy) is 2. The Kier molecular flexibility index (Phi) is 14.6. The van der Waals surface area contributed by atoms with Crippen molar-refractivity contribution in [3.63, 3.8) is 0 Å². The molecule has 128 valence electrons. The van der Waals surface area contributed by atoms with E-state index < -0.39 is 5.91 Å². The van der Waals surface area contributed by atoms with Gasteiger partial charge < -0.3 is 19.7 Å². The van der Waals surface area contributed by atoms with E-state index in [-0.39, 0.29) is 26.4 Å². The Morgan fingerprint density at radius 1 is 0.762 bits per heavy atom. The fourth-order valence-corrected chi connectivity index (χ4v) is 2.30. The lowest BCUT2D eigenvalue weighted by atomic mass is 10.1. The molecule has 0 bridgehead atoms. The molecular weight excluding hydrogens is 270 g/mol. The van der Waals surface area contributed by atoms with E-state index in [1.807, 2.05) is 0 Å². The fraction of sp³-hybridized carbons (Fsp3) is 1.00. The summed E-state index contributed by atoms with van der Waals surface area (Å²) in [5.74, 6) is -1.17. The van der Waals surface area contributed by atoms with Gasteiger partial charge in [0.1, 0.15) is 0 Å². The molecule has 0 radical (unpaired) electrons. The lowest BCUT2D eigenvalue weighted by molar-refractivity contribution is -0.244. The van der Waals surface area contributed by atoms with Crippen LogP contribution in [0, 0.1) is 0 Å². The van der Waals surface area contributed by atoms with Crippen LogP contribution in [0.1, 0.15) is 71.1 Å². The van der Waals surface area contributed by atoms with E-state index in [0.717, 1.165) is 12.8 Å². The maximum atomic E-state index is 8.80. The zero-order valence-corrected chi connectivity index (χ0v) is 13.7. The number of nitrogens with two attached hydrogens (primary N) is 1. The van der Waals surface area contributed by atoms with Crippen LogP contribution in [-0.4, -0.2) is 42.6 Å². The van der Waals surface area contributed by atoms with E-state index >= 15 is 0 Å². The Balaban J connectivity index is 3.62. The van der Waals surface area contributed by atoms with Crippen LogP contribution in [0.25, 0.3) is 0 Å². The van der Waals surface area contributed by atoms with Crippen LogP contribution in [0.2, 0.25) is 0 Å². The predicted octanol–water partition coefficient (Wildman–Crippen LogP) is 2.54. The molecule has 0 aliphatic heterocycles. The van der Waals surface area contributed by atoms with Crippen molar-refractivity contribution in [2.45, 2.75) is 77.0 Å². The molecule has 0 amide bonds. The molecule has 5 nitrogen and oxygen atoms in total. The SMILES string of the molecule is CCCCCCCCCCCC(N)(OCCO)OCCO. The van der Waals surface area contributed by atoms with Gasteiger partial charge in [-0.2, -0.15) is 0 Å². The normalized spacial score (nSPS) is 12.0. The molecule has 5 heteroatoms. The predicted molar refractivity (Wildman–Crippen MR) is 84.8 cm³/mol. The molecule has 0 fully saturated rings. The first-order valence-electron chi connectivity index (χ1n) is 8.47. The van der Waals surface area contributed by atoms with Gasteiger partial charge in [0.15, 0.2) is 0 Å². The van der Waals surface area contributed by atoms with Crippen LogP contribution < -0.4 is 5.73 Å². The zero-order chi connectivity index (χ0) is 15.8. The highest BCUT2D eigenvalue weighted by Crippen LogP contribution is 2.17. The average molecular weight is 305 g/mol. The monoisotopic (exact) mass is 305 g/mol. The van der Waals surface area contributed by atoms with Crippen molar-refractivity contribution >= 4 is 0 Å². The number of aliphatic hydroxyl groups excluding tert-OH is 2. The van der Waals surface area contributed by atoms with E-state index in [0.29, 0.717) is 6.42 Å². The summed E-state index contributed by atoms with van der Waals surface area (Å²) in [6, 6.07) is 0. The molecular formula is C16H35NO4. The van der Waals surface area contributed by atoms with Gasteiger partial charge in [0, 0.05) is 6.42 Å². The maximum absolute atomic E-state index is 8.80. The van der Waals surface area contributed by atoms with Gasteiger partial charge in [-0.1, -0.05) is 58.3 Å². The molecule has 0 atom stereocenters. The largest absolute Gasteiger partial charge is 0.394 e. The van der Waals surface area contributed by atoms with Gasteiger partial charge in [-0.3, -0.25) is 5.73 Å². The first-order chi connectivity index (χ1) is 10.2. The van der Waals surface area contributed by atoms with Crippen LogP contribution in [0.5, 0.6) is 0 Å². The summed E-state index contributed by atoms with van der Waals surface area (Å²) in [5, 5.41) is 17.6. The van der Waals surface area contributed by atoms with Gasteiger partial charge in [0.2, 0.25) is 5.91 Å². The van der Waals surface area contributed by atoms with Crippen molar-refractivity contribution in [1.29, 1.82) is 0 Å². The lowest BCUT2D eigenvalue weighted by Crippen LogP contribution is -2.46. The third kappa shape index (κ3) is 13.2. The molecule has 0 unspecified atom stereocenters. The Hall–Kier alpha value is -0.200. The van der Waals surface area contributed by atoms with Crippen LogP contribution >= 0.6 is 0 Å². The molecule has 0 aliphatic carbocycles. The van der Waals surface area contributed by atoms with Gasteiger partial charge in [-0.05, 0) is 6.42 Å². The molecule has 0 saturated heterocycles. The first-order valence-corrected chi connectivity index (χ1v) is 8.47. The van der Waals surface area contributed by atoms with E-state index in [2.05, 4.69) is 6.92 Å². The molecule has 0 aromatic rings. The summed E-state index contributed by atoms with van der Waals surface area (Å²) < 4.78 is 10.7. The highest BCUT2D eigenvalue weighted by Gasteiger charge is 2.25. The Labute approximate surface area is 129 Å². The molecule has 0 heterocycles. The Morgan fingerprint density at radius 2 is 1.19 bits per heavy atom. The minimum absolute atomic E-state index is 0.0841. The van der Waals surface area contributed by atoms with E-state index in [4.69, 9.17) is 25.4 Å². The third-order valence-electron chi connectivity index (χ3n) is 3.50. The Morgan fingerprint density at radius 3 is 1.62 bits per heavy atom. The Bertz CT molecular complexity index is 206. The lowest BCUT2D eigenvalue weighted by Gasteiger charge is -2.29. The van der Waals surface area contributed by atoms with Gasteiger partial charge in [-0.15, -0.1) is 0 Å². The molecule has 0 aromatic carbocycles. The van der Waals surface area contributed by atoms with Crippen molar-refractivity contribution in [1.82, 2.24) is 0 Å². The third-order valence-corrected chi connectivity index (χ3v) is 3.50. The molecule has 0 saturated carbocycles. The highest BCUT2D eigenvalue weighted by molar-refractivity contribution is 4.62. The topological polar surface area (TPSA) is 84.9 Å². The molecule has 0 aromatic heterocycles. The van der Waals surface area contributed by atoms with Gasteiger partial charge >= 0.3 is 0 Å². The van der Waals surface area contributed by atoms with Crippen LogP contribution in [0.15, 0.2) is 0 Å². The number of aliphatic hydroxyl groups is 2. The second kappa shape index (κ2) is 14.7. The van der Waals surface area contributed by atoms with E-state index in [1.165, 1.54) is 44.9 Å². The van der Waals surface area contributed by atoms with Crippen molar-refractivity contribution in [3.8, 4) is 0 Å². The standard InChI is InChI=1S/C16H35NO4/c1-2-3-4-5-6-7-8-9-10-11-16(17,20-14-12-18)21-15-13-19/h18-19H,2-15,17H2,1H3. The van der Waals surface area contributed by atoms with Crippen LogP contribution in [0.3, 0.4) is 0 Å². The second-order valence-corrected chi connectivity index (χ2v) is 5.53. The average Bonchev–Trinajstić information content (AvgIpc) is 2.49. The van der Waals surface area contributed by atoms with Crippen LogP contribution in [-0.2, 0) is 9.47 Å². The van der Waals surface area contributed by atoms with Crippen molar-refractivity contribution < 1.29 is 19.7 Å². The molecule has 0 spiro atoms. The summed E-state index contributed by atoms with van der Waals surface area (Å²) in [6.45, 7) is 2.37. The maximum Gasteiger partial charge on any atom is 0.224 e. The summed E-state index contributed by atoms with van der Waals surface area (Å²) in [4.78, 5) is 0. The van der Waals surface area contributed by atoms with E-state index in [1.54, 1.807) is 0 Å². The first kappa shape index (κ1) is 20.8.